The van der Waals surface area contributed by atoms with Crippen molar-refractivity contribution in [3.63, 3.8) is 0 Å². The van der Waals surface area contributed by atoms with Gasteiger partial charge in [0.25, 0.3) is 0 Å². The van der Waals surface area contributed by atoms with Crippen molar-refractivity contribution in [1.29, 1.82) is 0 Å². The Morgan fingerprint density at radius 3 is 2.78 bits per heavy atom. The minimum Gasteiger partial charge on any atom is -0.481 e. The maximum Gasteiger partial charge on any atom is 0.306 e. The smallest absolute Gasteiger partial charge is 0.306 e. The molecule has 0 fully saturated rings. The Morgan fingerprint density at radius 1 is 1.39 bits per heavy atom. The summed E-state index contributed by atoms with van der Waals surface area (Å²) in [6.45, 7) is 2.19. The molecule has 0 saturated heterocycles. The van der Waals surface area contributed by atoms with E-state index in [2.05, 4.69) is 15.5 Å². The second-order valence-corrected chi connectivity index (χ2v) is 4.18. The van der Waals surface area contributed by atoms with E-state index in [4.69, 9.17) is 5.11 Å². The molecule has 1 N–H and O–H groups in total. The molecule has 0 bridgehead atoms. The van der Waals surface area contributed by atoms with Crippen LogP contribution in [0.3, 0.4) is 0 Å². The first-order chi connectivity index (χ1) is 8.66. The fourth-order valence-corrected chi connectivity index (χ4v) is 1.61. The summed E-state index contributed by atoms with van der Waals surface area (Å²) in [5.74, 6) is -0.747. The van der Waals surface area contributed by atoms with Crippen LogP contribution >= 0.6 is 0 Å². The molecule has 2 aromatic rings. The summed E-state index contributed by atoms with van der Waals surface area (Å²) in [5, 5.41) is 20.2. The van der Waals surface area contributed by atoms with E-state index in [0.29, 0.717) is 18.8 Å². The maximum atomic E-state index is 10.8. The van der Waals surface area contributed by atoms with Crippen molar-refractivity contribution in [2.45, 2.75) is 19.9 Å². The van der Waals surface area contributed by atoms with Gasteiger partial charge in [0, 0.05) is 6.42 Å². The lowest BCUT2D eigenvalue weighted by molar-refractivity contribution is -0.141. The highest BCUT2D eigenvalue weighted by Gasteiger charge is 2.16. The number of carboxylic acids is 1. The molecule has 0 spiro atoms. The van der Waals surface area contributed by atoms with Gasteiger partial charge in [-0.15, -0.1) is 5.10 Å². The monoisotopic (exact) mass is 246 g/mol. The number of aromatic nitrogens is 4. The van der Waals surface area contributed by atoms with Crippen LogP contribution in [0.2, 0.25) is 0 Å². The van der Waals surface area contributed by atoms with E-state index in [-0.39, 0.29) is 0 Å². The van der Waals surface area contributed by atoms with E-state index < -0.39 is 11.9 Å². The second kappa shape index (κ2) is 5.39. The minimum atomic E-state index is -0.843. The minimum absolute atomic E-state index is 0.329. The molecule has 1 heterocycles. The Balaban J connectivity index is 2.11. The van der Waals surface area contributed by atoms with E-state index in [0.717, 1.165) is 5.56 Å². The predicted octanol–water partition coefficient (Wildman–Crippen LogP) is 0.985. The summed E-state index contributed by atoms with van der Waals surface area (Å²) in [4.78, 5) is 10.8. The summed E-state index contributed by atoms with van der Waals surface area (Å²) in [6.07, 6.45) is 0.329. The molecule has 6 nitrogen and oxygen atoms in total. The van der Waals surface area contributed by atoms with E-state index in [1.165, 1.54) is 0 Å². The summed E-state index contributed by atoms with van der Waals surface area (Å²) in [6, 6.07) is 9.78. The first-order valence-electron chi connectivity index (χ1n) is 5.68. The van der Waals surface area contributed by atoms with Crippen LogP contribution in [-0.2, 0) is 17.8 Å². The number of benzene rings is 1. The Labute approximate surface area is 104 Å². The zero-order chi connectivity index (χ0) is 13.0. The third-order valence-electron chi connectivity index (χ3n) is 2.69. The van der Waals surface area contributed by atoms with Crippen molar-refractivity contribution < 1.29 is 9.90 Å². The first-order valence-corrected chi connectivity index (χ1v) is 5.68. The molecule has 1 aromatic carbocycles. The van der Waals surface area contributed by atoms with E-state index in [1.54, 1.807) is 11.6 Å². The number of hydrogen-bond donors (Lipinski definition) is 1. The number of hydrogen-bond acceptors (Lipinski definition) is 4. The van der Waals surface area contributed by atoms with Crippen molar-refractivity contribution in [1.82, 2.24) is 20.2 Å². The van der Waals surface area contributed by atoms with Crippen LogP contribution in [0, 0.1) is 5.92 Å². The Morgan fingerprint density at radius 2 is 2.11 bits per heavy atom. The number of aliphatic carboxylic acids is 1. The van der Waals surface area contributed by atoms with Gasteiger partial charge in [-0.25, -0.2) is 4.68 Å². The fourth-order valence-electron chi connectivity index (χ4n) is 1.61. The van der Waals surface area contributed by atoms with Crippen molar-refractivity contribution in [3.8, 4) is 0 Å². The van der Waals surface area contributed by atoms with Gasteiger partial charge in [0.1, 0.15) is 0 Å². The summed E-state index contributed by atoms with van der Waals surface area (Å²) < 4.78 is 1.63. The lowest BCUT2D eigenvalue weighted by Crippen LogP contribution is -2.16. The van der Waals surface area contributed by atoms with Crippen LogP contribution in [0.5, 0.6) is 0 Å². The van der Waals surface area contributed by atoms with Crippen LogP contribution < -0.4 is 0 Å². The van der Waals surface area contributed by atoms with E-state index in [1.807, 2.05) is 30.3 Å². The number of nitrogens with zero attached hydrogens (tertiary/aromatic N) is 4. The lowest BCUT2D eigenvalue weighted by atomic mass is 10.1. The number of rotatable bonds is 5. The van der Waals surface area contributed by atoms with E-state index in [9.17, 15) is 4.79 Å². The normalized spacial score (nSPS) is 12.3. The average molecular weight is 246 g/mol. The number of carboxylic acid groups (broad SMARTS) is 1. The zero-order valence-corrected chi connectivity index (χ0v) is 10.0. The molecule has 1 aromatic heterocycles. The quantitative estimate of drug-likeness (QED) is 0.850. The van der Waals surface area contributed by atoms with Crippen LogP contribution in [0.15, 0.2) is 30.3 Å². The Bertz CT molecular complexity index is 524. The van der Waals surface area contributed by atoms with Crippen molar-refractivity contribution >= 4 is 5.97 Å². The molecular weight excluding hydrogens is 232 g/mol. The zero-order valence-electron chi connectivity index (χ0n) is 10.0. The third-order valence-corrected chi connectivity index (χ3v) is 2.69. The van der Waals surface area contributed by atoms with Gasteiger partial charge < -0.3 is 5.11 Å². The number of carbonyl (C=O) groups is 1. The van der Waals surface area contributed by atoms with Crippen LogP contribution in [0.1, 0.15) is 18.3 Å². The number of tetrazole rings is 1. The van der Waals surface area contributed by atoms with E-state index >= 15 is 0 Å². The topological polar surface area (TPSA) is 80.9 Å². The molecule has 0 amide bonds. The van der Waals surface area contributed by atoms with Gasteiger partial charge in [0.2, 0.25) is 0 Å². The van der Waals surface area contributed by atoms with Gasteiger partial charge in [-0.3, -0.25) is 4.79 Å². The van der Waals surface area contributed by atoms with Crippen molar-refractivity contribution in [2.75, 3.05) is 0 Å². The molecule has 94 valence electrons. The summed E-state index contributed by atoms with van der Waals surface area (Å²) in [5.41, 5.74) is 1.08. The predicted molar refractivity (Wildman–Crippen MR) is 63.9 cm³/mol. The SMILES string of the molecule is CC(Cc1nnnn1Cc1ccccc1)C(=O)O. The maximum absolute atomic E-state index is 10.8. The standard InChI is InChI=1S/C12H14N4O2/c1-9(12(17)18)7-11-13-14-15-16(11)8-10-5-3-2-4-6-10/h2-6,9H,7-8H2,1H3,(H,17,18). The van der Waals surface area contributed by atoms with Gasteiger partial charge in [0.15, 0.2) is 5.82 Å². The highest BCUT2D eigenvalue weighted by Crippen LogP contribution is 2.07. The van der Waals surface area contributed by atoms with Gasteiger partial charge in [0.05, 0.1) is 12.5 Å². The fraction of sp³-hybridized carbons (Fsp3) is 0.333. The highest BCUT2D eigenvalue weighted by molar-refractivity contribution is 5.69. The van der Waals surface area contributed by atoms with Crippen molar-refractivity contribution in [2.24, 2.45) is 5.92 Å². The molecule has 0 radical (unpaired) electrons. The summed E-state index contributed by atoms with van der Waals surface area (Å²) in [7, 11) is 0. The molecule has 0 aliphatic rings. The van der Waals surface area contributed by atoms with Gasteiger partial charge >= 0.3 is 5.97 Å². The average Bonchev–Trinajstić information content (AvgIpc) is 2.78. The van der Waals surface area contributed by atoms with Crippen LogP contribution in [-0.4, -0.2) is 31.3 Å². The lowest BCUT2D eigenvalue weighted by Gasteiger charge is -2.07. The second-order valence-electron chi connectivity index (χ2n) is 4.18. The first kappa shape index (κ1) is 12.2. The molecule has 0 aliphatic carbocycles. The molecule has 6 heteroatoms. The molecule has 2 rings (SSSR count). The van der Waals surface area contributed by atoms with Crippen LogP contribution in [0.25, 0.3) is 0 Å². The molecule has 0 aliphatic heterocycles. The summed E-state index contributed by atoms with van der Waals surface area (Å²) >= 11 is 0. The van der Waals surface area contributed by atoms with Crippen LogP contribution in [0.4, 0.5) is 0 Å². The highest BCUT2D eigenvalue weighted by atomic mass is 16.4. The molecule has 0 saturated carbocycles. The van der Waals surface area contributed by atoms with Gasteiger partial charge in [-0.2, -0.15) is 0 Å². The molecule has 1 unspecified atom stereocenters. The molecule has 18 heavy (non-hydrogen) atoms. The van der Waals surface area contributed by atoms with Gasteiger partial charge in [-0.05, 0) is 16.0 Å². The van der Waals surface area contributed by atoms with Crippen molar-refractivity contribution in [3.05, 3.63) is 41.7 Å². The Kier molecular flexibility index (Phi) is 3.66. The largest absolute Gasteiger partial charge is 0.481 e. The molecular formula is C12H14N4O2. The molecule has 1 atom stereocenters. The Hall–Kier alpha value is -2.24. The van der Waals surface area contributed by atoms with Gasteiger partial charge in [-0.1, -0.05) is 37.3 Å². The third kappa shape index (κ3) is 2.91.